The summed E-state index contributed by atoms with van der Waals surface area (Å²) in [7, 11) is 3.33. The zero-order chi connectivity index (χ0) is 24.8. The average molecular weight is 487 g/mol. The standard InChI is InChI=1S/C29H30N2O5/c1-17(29(32)30-19-7-5-4-6-8-19)26-20-9-10-23(33-2)28(34-3)22(20)15-31-12-11-18-13-24-25(36-16-35-24)14-21(18)27(26)31/h4-10,13-14,17,26-27H,11-12,15-16H2,1-3H3,(H,30,32). The predicted molar refractivity (Wildman–Crippen MR) is 136 cm³/mol. The number of nitrogens with zero attached hydrogens (tertiary/aromatic N) is 1. The number of anilines is 1. The van der Waals surface area contributed by atoms with Gasteiger partial charge in [0.1, 0.15) is 0 Å². The van der Waals surface area contributed by atoms with Gasteiger partial charge in [0.15, 0.2) is 23.0 Å². The van der Waals surface area contributed by atoms with Crippen LogP contribution in [0.15, 0.2) is 54.6 Å². The first kappa shape index (κ1) is 22.7. The van der Waals surface area contributed by atoms with Gasteiger partial charge in [0.25, 0.3) is 0 Å². The fraction of sp³-hybridized carbons (Fsp3) is 0.345. The molecule has 6 rings (SSSR count). The molecular formula is C29H30N2O5. The quantitative estimate of drug-likeness (QED) is 0.553. The normalized spacial score (nSPS) is 20.5. The lowest BCUT2D eigenvalue weighted by atomic mass is 9.70. The van der Waals surface area contributed by atoms with E-state index in [0.29, 0.717) is 5.75 Å². The van der Waals surface area contributed by atoms with Crippen LogP contribution in [0.5, 0.6) is 23.0 Å². The minimum atomic E-state index is -0.314. The molecule has 0 saturated heterocycles. The highest BCUT2D eigenvalue weighted by molar-refractivity contribution is 5.93. The first-order chi connectivity index (χ1) is 17.6. The molecule has 3 aliphatic heterocycles. The Morgan fingerprint density at radius 1 is 1.03 bits per heavy atom. The van der Waals surface area contributed by atoms with E-state index in [-0.39, 0.29) is 30.6 Å². The zero-order valence-corrected chi connectivity index (χ0v) is 20.7. The number of rotatable bonds is 5. The first-order valence-electron chi connectivity index (χ1n) is 12.3. The number of fused-ring (bicyclic) bond motifs is 5. The van der Waals surface area contributed by atoms with Gasteiger partial charge in [-0.05, 0) is 53.4 Å². The van der Waals surface area contributed by atoms with Crippen LogP contribution in [0.2, 0.25) is 0 Å². The summed E-state index contributed by atoms with van der Waals surface area (Å²) in [6.45, 7) is 3.86. The molecule has 3 aromatic carbocycles. The van der Waals surface area contributed by atoms with E-state index in [1.807, 2.05) is 43.3 Å². The summed E-state index contributed by atoms with van der Waals surface area (Å²) in [6.07, 6.45) is 0.904. The third kappa shape index (κ3) is 3.66. The number of benzene rings is 3. The van der Waals surface area contributed by atoms with Gasteiger partial charge >= 0.3 is 0 Å². The Kier molecular flexibility index (Phi) is 5.72. The second kappa shape index (κ2) is 9.06. The van der Waals surface area contributed by atoms with Crippen molar-refractivity contribution in [2.75, 3.05) is 32.9 Å². The van der Waals surface area contributed by atoms with Crippen LogP contribution in [0, 0.1) is 5.92 Å². The molecule has 3 aromatic rings. The van der Waals surface area contributed by atoms with Crippen LogP contribution < -0.4 is 24.3 Å². The molecule has 1 N–H and O–H groups in total. The minimum Gasteiger partial charge on any atom is -0.493 e. The molecule has 1 amide bonds. The summed E-state index contributed by atoms with van der Waals surface area (Å²) in [5.74, 6) is 2.59. The van der Waals surface area contributed by atoms with Crippen LogP contribution in [0.1, 0.15) is 41.1 Å². The maximum absolute atomic E-state index is 13.6. The molecule has 0 fully saturated rings. The Balaban J connectivity index is 1.47. The van der Waals surface area contributed by atoms with Crippen LogP contribution in [-0.2, 0) is 17.8 Å². The van der Waals surface area contributed by atoms with Crippen LogP contribution in [-0.4, -0.2) is 38.4 Å². The highest BCUT2D eigenvalue weighted by Gasteiger charge is 2.45. The molecule has 3 unspecified atom stereocenters. The van der Waals surface area contributed by atoms with E-state index in [1.54, 1.807) is 14.2 Å². The van der Waals surface area contributed by atoms with Gasteiger partial charge in [0.05, 0.1) is 14.2 Å². The maximum Gasteiger partial charge on any atom is 0.231 e. The average Bonchev–Trinajstić information content (AvgIpc) is 3.37. The Hall–Kier alpha value is -3.71. The lowest BCUT2D eigenvalue weighted by Gasteiger charge is -2.48. The van der Waals surface area contributed by atoms with E-state index in [0.717, 1.165) is 53.6 Å². The van der Waals surface area contributed by atoms with Crippen LogP contribution in [0.4, 0.5) is 5.69 Å². The fourth-order valence-corrected chi connectivity index (χ4v) is 6.03. The monoisotopic (exact) mass is 486 g/mol. The van der Waals surface area contributed by atoms with E-state index in [4.69, 9.17) is 18.9 Å². The van der Waals surface area contributed by atoms with Crippen molar-refractivity contribution in [1.82, 2.24) is 4.90 Å². The zero-order valence-electron chi connectivity index (χ0n) is 20.7. The minimum absolute atomic E-state index is 0.0124. The summed E-state index contributed by atoms with van der Waals surface area (Å²) in [5, 5.41) is 3.12. The van der Waals surface area contributed by atoms with Gasteiger partial charge in [0, 0.05) is 42.2 Å². The van der Waals surface area contributed by atoms with E-state index in [9.17, 15) is 4.79 Å². The van der Waals surface area contributed by atoms with Gasteiger partial charge < -0.3 is 24.3 Å². The fourth-order valence-electron chi connectivity index (χ4n) is 6.03. The number of ether oxygens (including phenoxy) is 4. The number of nitrogens with one attached hydrogen (secondary N) is 1. The van der Waals surface area contributed by atoms with Gasteiger partial charge in [0.2, 0.25) is 12.7 Å². The SMILES string of the molecule is COc1ccc2c(c1OC)CN1CCc3cc4c(cc3C1C2C(C)C(=O)Nc1ccccc1)OCO4. The van der Waals surface area contributed by atoms with Crippen LogP contribution in [0.25, 0.3) is 0 Å². The number of carbonyl (C=O) groups excluding carboxylic acids is 1. The summed E-state index contributed by atoms with van der Waals surface area (Å²) >= 11 is 0. The molecule has 0 radical (unpaired) electrons. The van der Waals surface area contributed by atoms with Crippen LogP contribution >= 0.6 is 0 Å². The molecular weight excluding hydrogens is 456 g/mol. The number of para-hydroxylation sites is 1. The summed E-state index contributed by atoms with van der Waals surface area (Å²) in [5.41, 5.74) is 5.46. The van der Waals surface area contributed by atoms with E-state index in [2.05, 4.69) is 28.4 Å². The third-order valence-corrected chi connectivity index (χ3v) is 7.75. The molecule has 0 spiro atoms. The molecule has 186 valence electrons. The molecule has 7 nitrogen and oxygen atoms in total. The van der Waals surface area contributed by atoms with E-state index < -0.39 is 0 Å². The maximum atomic E-state index is 13.6. The molecule has 3 atom stereocenters. The third-order valence-electron chi connectivity index (χ3n) is 7.75. The van der Waals surface area contributed by atoms with E-state index >= 15 is 0 Å². The first-order valence-corrected chi connectivity index (χ1v) is 12.3. The van der Waals surface area contributed by atoms with Gasteiger partial charge in [-0.25, -0.2) is 0 Å². The molecule has 7 heteroatoms. The molecule has 36 heavy (non-hydrogen) atoms. The largest absolute Gasteiger partial charge is 0.493 e. The molecule has 0 aliphatic carbocycles. The Bertz CT molecular complexity index is 1310. The van der Waals surface area contributed by atoms with Gasteiger partial charge in [-0.15, -0.1) is 0 Å². The van der Waals surface area contributed by atoms with Crippen molar-refractivity contribution in [2.24, 2.45) is 5.92 Å². The number of hydrogen-bond acceptors (Lipinski definition) is 6. The van der Waals surface area contributed by atoms with Gasteiger partial charge in [-0.2, -0.15) is 0 Å². The number of amides is 1. The Morgan fingerprint density at radius 3 is 2.56 bits per heavy atom. The predicted octanol–water partition coefficient (Wildman–Crippen LogP) is 4.90. The van der Waals surface area contributed by atoms with Crippen molar-refractivity contribution in [1.29, 1.82) is 0 Å². The highest BCUT2D eigenvalue weighted by atomic mass is 16.7. The highest BCUT2D eigenvalue weighted by Crippen LogP contribution is 2.54. The lowest BCUT2D eigenvalue weighted by Crippen LogP contribution is -2.45. The smallest absolute Gasteiger partial charge is 0.231 e. The van der Waals surface area contributed by atoms with Crippen molar-refractivity contribution in [2.45, 2.75) is 31.8 Å². The van der Waals surface area contributed by atoms with Crippen LogP contribution in [0.3, 0.4) is 0 Å². The van der Waals surface area contributed by atoms with Gasteiger partial charge in [-0.3, -0.25) is 9.69 Å². The summed E-state index contributed by atoms with van der Waals surface area (Å²) < 4.78 is 22.9. The van der Waals surface area contributed by atoms with Crippen molar-refractivity contribution < 1.29 is 23.7 Å². The molecule has 0 bridgehead atoms. The van der Waals surface area contributed by atoms with Crippen molar-refractivity contribution in [3.05, 3.63) is 76.9 Å². The number of carbonyl (C=O) groups is 1. The number of hydrogen-bond donors (Lipinski definition) is 1. The summed E-state index contributed by atoms with van der Waals surface area (Å²) in [4.78, 5) is 16.1. The molecule has 0 aromatic heterocycles. The Labute approximate surface area is 210 Å². The van der Waals surface area contributed by atoms with E-state index in [1.165, 1.54) is 11.1 Å². The second-order valence-corrected chi connectivity index (χ2v) is 9.61. The molecule has 3 heterocycles. The van der Waals surface area contributed by atoms with Crippen molar-refractivity contribution >= 4 is 11.6 Å². The summed E-state index contributed by atoms with van der Waals surface area (Å²) in [6, 6.07) is 17.9. The second-order valence-electron chi connectivity index (χ2n) is 9.61. The van der Waals surface area contributed by atoms with Crippen molar-refractivity contribution in [3.63, 3.8) is 0 Å². The lowest BCUT2D eigenvalue weighted by molar-refractivity contribution is -0.121. The molecule has 3 aliphatic rings. The number of methoxy groups -OCH3 is 2. The topological polar surface area (TPSA) is 69.3 Å². The molecule has 0 saturated carbocycles. The Morgan fingerprint density at radius 2 is 1.81 bits per heavy atom. The van der Waals surface area contributed by atoms with Gasteiger partial charge in [-0.1, -0.05) is 31.2 Å². The van der Waals surface area contributed by atoms with Crippen molar-refractivity contribution in [3.8, 4) is 23.0 Å².